The number of hydrogen-bond acceptors (Lipinski definition) is 2. The Morgan fingerprint density at radius 3 is 2.81 bits per heavy atom. The highest BCUT2D eigenvalue weighted by molar-refractivity contribution is 6.30. The Labute approximate surface area is 99.9 Å². The van der Waals surface area contributed by atoms with Gasteiger partial charge in [0.1, 0.15) is 5.82 Å². The summed E-state index contributed by atoms with van der Waals surface area (Å²) in [5.41, 5.74) is 3.43. The minimum atomic E-state index is -0.316. The van der Waals surface area contributed by atoms with Gasteiger partial charge in [-0.3, -0.25) is 11.3 Å². The van der Waals surface area contributed by atoms with Gasteiger partial charge in [0.2, 0.25) is 0 Å². The van der Waals surface area contributed by atoms with Crippen molar-refractivity contribution in [1.29, 1.82) is 0 Å². The summed E-state index contributed by atoms with van der Waals surface area (Å²) in [7, 11) is 0. The predicted octanol–water partition coefficient (Wildman–Crippen LogP) is 2.65. The average Bonchev–Trinajstić information content (AvgIpc) is 2.21. The smallest absolute Gasteiger partial charge is 0.145 e. The Kier molecular flexibility index (Phi) is 3.79. The van der Waals surface area contributed by atoms with Crippen LogP contribution in [0.2, 0.25) is 5.02 Å². The number of rotatable bonds is 4. The minimum absolute atomic E-state index is 0.154. The van der Waals surface area contributed by atoms with Crippen molar-refractivity contribution in [2.45, 2.75) is 31.7 Å². The lowest BCUT2D eigenvalue weighted by Gasteiger charge is -2.33. The van der Waals surface area contributed by atoms with Crippen LogP contribution in [-0.2, 0) is 6.42 Å². The summed E-state index contributed by atoms with van der Waals surface area (Å²) in [6.07, 6.45) is 4.21. The first-order chi connectivity index (χ1) is 7.72. The molecule has 1 aliphatic rings. The maximum atomic E-state index is 13.7. The predicted molar refractivity (Wildman–Crippen MR) is 63.6 cm³/mol. The molecule has 0 spiro atoms. The highest BCUT2D eigenvalue weighted by atomic mass is 35.5. The van der Waals surface area contributed by atoms with Gasteiger partial charge in [0, 0.05) is 6.04 Å². The second-order valence-electron chi connectivity index (χ2n) is 4.38. The molecule has 1 aliphatic carbocycles. The van der Waals surface area contributed by atoms with Gasteiger partial charge in [-0.05, 0) is 36.8 Å². The van der Waals surface area contributed by atoms with E-state index in [1.54, 1.807) is 18.2 Å². The van der Waals surface area contributed by atoms with Crippen LogP contribution in [0.25, 0.3) is 0 Å². The summed E-state index contributed by atoms with van der Waals surface area (Å²) in [6, 6.07) is 5.26. The highest BCUT2D eigenvalue weighted by Gasteiger charge is 2.27. The standard InChI is InChI=1S/C12H16ClFN2/c13-10-6-2-5-9(12(10)14)7-11(16-15)8-3-1-4-8/h2,5-6,8,11,16H,1,3-4,7,15H2. The van der Waals surface area contributed by atoms with Crippen LogP contribution in [0.15, 0.2) is 18.2 Å². The third-order valence-electron chi connectivity index (χ3n) is 3.40. The van der Waals surface area contributed by atoms with Gasteiger partial charge in [-0.15, -0.1) is 0 Å². The Morgan fingerprint density at radius 2 is 2.25 bits per heavy atom. The zero-order valence-corrected chi connectivity index (χ0v) is 9.80. The summed E-state index contributed by atoms with van der Waals surface area (Å²) < 4.78 is 13.7. The van der Waals surface area contributed by atoms with E-state index in [4.69, 9.17) is 17.4 Å². The summed E-state index contributed by atoms with van der Waals surface area (Å²) in [6.45, 7) is 0. The van der Waals surface area contributed by atoms with Crippen LogP contribution in [0.3, 0.4) is 0 Å². The fourth-order valence-corrected chi connectivity index (χ4v) is 2.34. The molecule has 0 bridgehead atoms. The first-order valence-corrected chi connectivity index (χ1v) is 5.99. The quantitative estimate of drug-likeness (QED) is 0.629. The van der Waals surface area contributed by atoms with Crippen LogP contribution < -0.4 is 11.3 Å². The molecule has 2 rings (SSSR count). The van der Waals surface area contributed by atoms with Crippen LogP contribution in [0, 0.1) is 11.7 Å². The summed E-state index contributed by atoms with van der Waals surface area (Å²) in [4.78, 5) is 0. The van der Waals surface area contributed by atoms with Gasteiger partial charge in [-0.1, -0.05) is 30.2 Å². The van der Waals surface area contributed by atoms with Crippen molar-refractivity contribution in [2.24, 2.45) is 11.8 Å². The van der Waals surface area contributed by atoms with Crippen LogP contribution in [0.1, 0.15) is 24.8 Å². The first-order valence-electron chi connectivity index (χ1n) is 5.61. The van der Waals surface area contributed by atoms with E-state index in [9.17, 15) is 4.39 Å². The van der Waals surface area contributed by atoms with E-state index < -0.39 is 0 Å². The topological polar surface area (TPSA) is 38.0 Å². The van der Waals surface area contributed by atoms with Crippen LogP contribution in [-0.4, -0.2) is 6.04 Å². The zero-order valence-electron chi connectivity index (χ0n) is 9.05. The number of hydrazine groups is 1. The van der Waals surface area contributed by atoms with Crippen molar-refractivity contribution in [1.82, 2.24) is 5.43 Å². The molecular weight excluding hydrogens is 227 g/mol. The van der Waals surface area contributed by atoms with Gasteiger partial charge in [0.05, 0.1) is 5.02 Å². The van der Waals surface area contributed by atoms with Crippen LogP contribution >= 0.6 is 11.6 Å². The number of benzene rings is 1. The van der Waals surface area contributed by atoms with Crippen molar-refractivity contribution in [2.75, 3.05) is 0 Å². The number of nitrogens with one attached hydrogen (secondary N) is 1. The average molecular weight is 243 g/mol. The van der Waals surface area contributed by atoms with E-state index in [0.717, 1.165) is 0 Å². The molecule has 1 saturated carbocycles. The molecule has 1 unspecified atom stereocenters. The van der Waals surface area contributed by atoms with E-state index in [1.165, 1.54) is 19.3 Å². The van der Waals surface area contributed by atoms with Crippen molar-refractivity contribution >= 4 is 11.6 Å². The largest absolute Gasteiger partial charge is 0.271 e. The molecule has 16 heavy (non-hydrogen) atoms. The van der Waals surface area contributed by atoms with Gasteiger partial charge in [0.25, 0.3) is 0 Å². The Hall–Kier alpha value is -0.640. The van der Waals surface area contributed by atoms with E-state index >= 15 is 0 Å². The number of hydrogen-bond donors (Lipinski definition) is 2. The van der Waals surface area contributed by atoms with Gasteiger partial charge >= 0.3 is 0 Å². The van der Waals surface area contributed by atoms with E-state index in [0.29, 0.717) is 17.9 Å². The maximum absolute atomic E-state index is 13.7. The van der Waals surface area contributed by atoms with E-state index in [1.807, 2.05) is 0 Å². The zero-order chi connectivity index (χ0) is 11.5. The third-order valence-corrected chi connectivity index (χ3v) is 3.70. The van der Waals surface area contributed by atoms with Crippen LogP contribution in [0.5, 0.6) is 0 Å². The van der Waals surface area contributed by atoms with Crippen molar-refractivity contribution in [3.8, 4) is 0 Å². The minimum Gasteiger partial charge on any atom is -0.271 e. The molecule has 1 fully saturated rings. The second-order valence-corrected chi connectivity index (χ2v) is 4.79. The second kappa shape index (κ2) is 5.13. The van der Waals surface area contributed by atoms with E-state index in [2.05, 4.69) is 5.43 Å². The lowest BCUT2D eigenvalue weighted by Crippen LogP contribution is -2.45. The fourth-order valence-electron chi connectivity index (χ4n) is 2.15. The SMILES string of the molecule is NNC(Cc1cccc(Cl)c1F)C1CCC1. The summed E-state index contributed by atoms with van der Waals surface area (Å²) >= 11 is 5.74. The highest BCUT2D eigenvalue weighted by Crippen LogP contribution is 2.31. The monoisotopic (exact) mass is 242 g/mol. The van der Waals surface area contributed by atoms with Crippen LogP contribution in [0.4, 0.5) is 4.39 Å². The summed E-state index contributed by atoms with van der Waals surface area (Å²) in [5, 5.41) is 0.182. The normalized spacial score (nSPS) is 18.2. The fraction of sp³-hybridized carbons (Fsp3) is 0.500. The van der Waals surface area contributed by atoms with Crippen molar-refractivity contribution in [3.63, 3.8) is 0 Å². The molecule has 0 aliphatic heterocycles. The molecule has 2 nitrogen and oxygen atoms in total. The number of halogens is 2. The molecule has 0 amide bonds. The molecular formula is C12H16ClFN2. The summed E-state index contributed by atoms with van der Waals surface area (Å²) in [5.74, 6) is 5.77. The van der Waals surface area contributed by atoms with Crippen molar-refractivity contribution in [3.05, 3.63) is 34.6 Å². The lowest BCUT2D eigenvalue weighted by atomic mass is 9.78. The first kappa shape index (κ1) is 11.8. The molecule has 3 N–H and O–H groups in total. The van der Waals surface area contributed by atoms with Crippen molar-refractivity contribution < 1.29 is 4.39 Å². The molecule has 0 aromatic heterocycles. The molecule has 1 aromatic rings. The Bertz CT molecular complexity index is 366. The molecule has 1 atom stereocenters. The van der Waals surface area contributed by atoms with E-state index in [-0.39, 0.29) is 16.9 Å². The lowest BCUT2D eigenvalue weighted by molar-refractivity contribution is 0.227. The molecule has 4 heteroatoms. The van der Waals surface area contributed by atoms with Gasteiger partial charge < -0.3 is 0 Å². The van der Waals surface area contributed by atoms with Gasteiger partial charge in [0.15, 0.2) is 0 Å². The van der Waals surface area contributed by atoms with Gasteiger partial charge in [-0.25, -0.2) is 4.39 Å². The number of nitrogens with two attached hydrogens (primary N) is 1. The molecule has 0 radical (unpaired) electrons. The Balaban J connectivity index is 2.09. The molecule has 1 aromatic carbocycles. The Morgan fingerprint density at radius 1 is 1.50 bits per heavy atom. The molecule has 88 valence electrons. The molecule has 0 heterocycles. The maximum Gasteiger partial charge on any atom is 0.145 e. The van der Waals surface area contributed by atoms with Gasteiger partial charge in [-0.2, -0.15) is 0 Å². The third kappa shape index (κ3) is 2.37. The molecule has 0 saturated heterocycles.